The second-order valence-corrected chi connectivity index (χ2v) is 5.28. The molecule has 0 saturated carbocycles. The lowest BCUT2D eigenvalue weighted by Gasteiger charge is -2.11. The zero-order valence-electron chi connectivity index (χ0n) is 10.2. The normalized spacial score (nSPS) is 14.6. The van der Waals surface area contributed by atoms with Crippen LogP contribution in [0.15, 0.2) is 29.3 Å². The van der Waals surface area contributed by atoms with E-state index in [0.717, 1.165) is 11.8 Å². The monoisotopic (exact) mass is 311 g/mol. The highest BCUT2D eigenvalue weighted by molar-refractivity contribution is 8.14. The Morgan fingerprint density at radius 1 is 1.35 bits per heavy atom. The number of amidine groups is 1. The molecule has 104 valence electrons. The van der Waals surface area contributed by atoms with E-state index in [4.69, 9.17) is 11.6 Å². The molecule has 2 N–H and O–H groups in total. The molecule has 1 aliphatic heterocycles. The van der Waals surface area contributed by atoms with Crippen LogP contribution in [0, 0.1) is 0 Å². The predicted octanol–water partition coefficient (Wildman–Crippen LogP) is 1.41. The molecule has 0 bridgehead atoms. The first-order chi connectivity index (χ1) is 9.52. The van der Waals surface area contributed by atoms with Crippen molar-refractivity contribution in [1.82, 2.24) is 5.32 Å². The number of benzene rings is 1. The first-order valence-electron chi connectivity index (χ1n) is 5.62. The van der Waals surface area contributed by atoms with Gasteiger partial charge in [-0.15, -0.1) is 0 Å². The molecule has 0 unspecified atom stereocenters. The highest BCUT2D eigenvalue weighted by Gasteiger charge is 2.19. The molecule has 0 saturated heterocycles. The van der Waals surface area contributed by atoms with Crippen molar-refractivity contribution in [3.63, 3.8) is 0 Å². The Hall–Kier alpha value is -1.86. The third-order valence-electron chi connectivity index (χ3n) is 2.25. The van der Waals surface area contributed by atoms with Gasteiger partial charge in [-0.3, -0.25) is 14.4 Å². The van der Waals surface area contributed by atoms with E-state index in [1.807, 2.05) is 0 Å². The summed E-state index contributed by atoms with van der Waals surface area (Å²) in [6.45, 7) is 0. The number of rotatable bonds is 3. The number of hydrogen-bond acceptors (Lipinski definition) is 4. The van der Waals surface area contributed by atoms with Crippen molar-refractivity contribution in [3.8, 4) is 0 Å². The number of hydrogen-bond donors (Lipinski definition) is 2. The first kappa shape index (κ1) is 14.5. The van der Waals surface area contributed by atoms with E-state index in [0.29, 0.717) is 10.7 Å². The minimum absolute atomic E-state index is 0.0367. The van der Waals surface area contributed by atoms with Crippen LogP contribution in [0.25, 0.3) is 0 Å². The third kappa shape index (κ3) is 4.36. The summed E-state index contributed by atoms with van der Waals surface area (Å²) in [6, 6.07) is 6.67. The summed E-state index contributed by atoms with van der Waals surface area (Å²) >= 11 is 6.73. The summed E-state index contributed by atoms with van der Waals surface area (Å²) in [6.07, 6.45) is -0.249. The summed E-state index contributed by atoms with van der Waals surface area (Å²) in [4.78, 5) is 37.5. The van der Waals surface area contributed by atoms with Gasteiger partial charge in [0, 0.05) is 10.7 Å². The fourth-order valence-electron chi connectivity index (χ4n) is 1.41. The first-order valence-corrected chi connectivity index (χ1v) is 6.99. The van der Waals surface area contributed by atoms with Crippen LogP contribution in [-0.2, 0) is 14.4 Å². The Labute approximate surface area is 124 Å². The molecular weight excluding hydrogens is 302 g/mol. The van der Waals surface area contributed by atoms with Gasteiger partial charge in [0.05, 0.1) is 5.75 Å². The fourth-order valence-corrected chi connectivity index (χ4v) is 2.23. The van der Waals surface area contributed by atoms with Crippen LogP contribution < -0.4 is 10.6 Å². The maximum atomic E-state index is 11.7. The summed E-state index contributed by atoms with van der Waals surface area (Å²) < 4.78 is 0. The average molecular weight is 312 g/mol. The van der Waals surface area contributed by atoms with Gasteiger partial charge in [-0.2, -0.15) is 4.99 Å². The van der Waals surface area contributed by atoms with E-state index >= 15 is 0 Å². The molecule has 20 heavy (non-hydrogen) atoms. The lowest BCUT2D eigenvalue weighted by molar-refractivity contribution is -0.127. The molecule has 2 rings (SSSR count). The highest BCUT2D eigenvalue weighted by atomic mass is 35.5. The molecule has 1 aliphatic rings. The molecule has 0 aromatic heterocycles. The van der Waals surface area contributed by atoms with Gasteiger partial charge in [0.15, 0.2) is 5.17 Å². The summed E-state index contributed by atoms with van der Waals surface area (Å²) in [7, 11) is 0. The lowest BCUT2D eigenvalue weighted by atomic mass is 10.3. The van der Waals surface area contributed by atoms with E-state index in [9.17, 15) is 14.4 Å². The number of halogens is 1. The maximum Gasteiger partial charge on any atom is 0.257 e. The Morgan fingerprint density at radius 3 is 2.70 bits per heavy atom. The van der Waals surface area contributed by atoms with Gasteiger partial charge in [-0.25, -0.2) is 0 Å². The SMILES string of the molecule is O=C1CC(=O)NC(SCC(=O)Nc2ccc(Cl)cc2)=N1. The minimum Gasteiger partial charge on any atom is -0.325 e. The lowest BCUT2D eigenvalue weighted by Crippen LogP contribution is -2.35. The van der Waals surface area contributed by atoms with Gasteiger partial charge >= 0.3 is 0 Å². The molecule has 0 spiro atoms. The van der Waals surface area contributed by atoms with Crippen molar-refractivity contribution >= 4 is 51.9 Å². The zero-order chi connectivity index (χ0) is 14.5. The van der Waals surface area contributed by atoms with Crippen LogP contribution in [0.3, 0.4) is 0 Å². The van der Waals surface area contributed by atoms with Gasteiger partial charge in [0.2, 0.25) is 11.8 Å². The molecule has 6 nitrogen and oxygen atoms in total. The fraction of sp³-hybridized carbons (Fsp3) is 0.167. The van der Waals surface area contributed by atoms with Crippen LogP contribution in [0.5, 0.6) is 0 Å². The molecule has 0 aliphatic carbocycles. The van der Waals surface area contributed by atoms with Crippen LogP contribution in [-0.4, -0.2) is 28.6 Å². The molecule has 1 aromatic rings. The molecule has 1 aromatic carbocycles. The number of amides is 3. The van der Waals surface area contributed by atoms with Crippen LogP contribution in [0.4, 0.5) is 5.69 Å². The molecule has 8 heteroatoms. The maximum absolute atomic E-state index is 11.7. The Balaban J connectivity index is 1.85. The summed E-state index contributed by atoms with van der Waals surface area (Å²) in [5, 5.41) is 5.82. The number of nitrogens with one attached hydrogen (secondary N) is 2. The van der Waals surface area contributed by atoms with Crippen molar-refractivity contribution in [2.24, 2.45) is 4.99 Å². The van der Waals surface area contributed by atoms with Crippen molar-refractivity contribution in [1.29, 1.82) is 0 Å². The summed E-state index contributed by atoms with van der Waals surface area (Å²) in [5.41, 5.74) is 0.616. The van der Waals surface area contributed by atoms with E-state index in [-0.39, 0.29) is 23.2 Å². The molecule has 1 heterocycles. The van der Waals surface area contributed by atoms with Gasteiger partial charge < -0.3 is 10.6 Å². The number of thioether (sulfide) groups is 1. The number of aliphatic imine (C=N–C) groups is 1. The van der Waals surface area contributed by atoms with E-state index in [1.165, 1.54) is 0 Å². The molecular formula is C12H10ClN3O3S. The Morgan fingerprint density at radius 2 is 2.05 bits per heavy atom. The van der Waals surface area contributed by atoms with Crippen LogP contribution in [0.1, 0.15) is 6.42 Å². The number of nitrogens with zero attached hydrogens (tertiary/aromatic N) is 1. The predicted molar refractivity (Wildman–Crippen MR) is 77.7 cm³/mol. The molecule has 0 atom stereocenters. The Bertz CT molecular complexity index is 586. The van der Waals surface area contributed by atoms with E-state index in [1.54, 1.807) is 24.3 Å². The van der Waals surface area contributed by atoms with E-state index < -0.39 is 11.8 Å². The summed E-state index contributed by atoms with van der Waals surface area (Å²) in [5.74, 6) is -1.15. The van der Waals surface area contributed by atoms with Gasteiger partial charge in [0.25, 0.3) is 5.91 Å². The van der Waals surface area contributed by atoms with Crippen molar-refractivity contribution < 1.29 is 14.4 Å². The Kier molecular flexibility index (Phi) is 4.75. The molecule has 0 fully saturated rings. The standard InChI is InChI=1S/C12H10ClN3O3S/c13-7-1-3-8(4-2-7)14-11(19)6-20-12-15-9(17)5-10(18)16-12/h1-4H,5-6H2,(H,14,19)(H,15,16,17,18). The number of carbonyl (C=O) groups is 3. The number of anilines is 1. The van der Waals surface area contributed by atoms with Crippen molar-refractivity contribution in [2.45, 2.75) is 6.42 Å². The molecule has 0 radical (unpaired) electrons. The molecule has 3 amide bonds. The van der Waals surface area contributed by atoms with Crippen LogP contribution in [0.2, 0.25) is 5.02 Å². The topological polar surface area (TPSA) is 87.6 Å². The van der Waals surface area contributed by atoms with Crippen molar-refractivity contribution in [2.75, 3.05) is 11.1 Å². The van der Waals surface area contributed by atoms with Gasteiger partial charge in [-0.05, 0) is 24.3 Å². The second kappa shape index (κ2) is 6.53. The third-order valence-corrected chi connectivity index (χ3v) is 3.38. The zero-order valence-corrected chi connectivity index (χ0v) is 11.8. The second-order valence-electron chi connectivity index (χ2n) is 3.88. The van der Waals surface area contributed by atoms with Gasteiger partial charge in [0.1, 0.15) is 6.42 Å². The minimum atomic E-state index is -0.505. The average Bonchev–Trinajstić information content (AvgIpc) is 2.38. The van der Waals surface area contributed by atoms with Crippen LogP contribution >= 0.6 is 23.4 Å². The number of carbonyl (C=O) groups excluding carboxylic acids is 3. The van der Waals surface area contributed by atoms with Gasteiger partial charge in [-0.1, -0.05) is 23.4 Å². The largest absolute Gasteiger partial charge is 0.325 e. The smallest absolute Gasteiger partial charge is 0.257 e. The van der Waals surface area contributed by atoms with Crippen molar-refractivity contribution in [3.05, 3.63) is 29.3 Å². The highest BCUT2D eigenvalue weighted by Crippen LogP contribution is 2.14. The quantitative estimate of drug-likeness (QED) is 0.826. The van der Waals surface area contributed by atoms with E-state index in [2.05, 4.69) is 15.6 Å².